The Morgan fingerprint density at radius 3 is 2.46 bits per heavy atom. The number of benzene rings is 1. The molecule has 1 aliphatic rings. The van der Waals surface area contributed by atoms with Crippen LogP contribution < -0.4 is 0 Å². The number of piperazine rings is 1. The van der Waals surface area contributed by atoms with E-state index in [1.165, 1.54) is 5.56 Å². The molecule has 1 fully saturated rings. The molecular weight excluding hydrogens is 366 g/mol. The number of amides is 1. The van der Waals surface area contributed by atoms with Gasteiger partial charge >= 0.3 is 0 Å². The van der Waals surface area contributed by atoms with Crippen molar-refractivity contribution in [2.75, 3.05) is 26.2 Å². The maximum Gasteiger partial charge on any atom is 0.265 e. The zero-order chi connectivity index (χ0) is 18.7. The Bertz CT molecular complexity index is 749. The van der Waals surface area contributed by atoms with Crippen molar-refractivity contribution in [2.24, 2.45) is 5.92 Å². The fraction of sp³-hybridized carbons (Fsp3) is 0.500. The summed E-state index contributed by atoms with van der Waals surface area (Å²) >= 11 is 7.51. The second-order valence-corrected chi connectivity index (χ2v) is 8.83. The minimum absolute atomic E-state index is 0.140. The molecule has 0 N–H and O–H groups in total. The van der Waals surface area contributed by atoms with Crippen LogP contribution in [0.2, 0.25) is 5.02 Å². The second kappa shape index (κ2) is 8.51. The van der Waals surface area contributed by atoms with E-state index in [0.717, 1.165) is 59.7 Å². The van der Waals surface area contributed by atoms with Crippen LogP contribution in [0.3, 0.4) is 0 Å². The highest BCUT2D eigenvalue weighted by atomic mass is 35.5. The summed E-state index contributed by atoms with van der Waals surface area (Å²) in [6.45, 7) is 10.5. The van der Waals surface area contributed by atoms with Crippen LogP contribution in [0.1, 0.15) is 39.8 Å². The van der Waals surface area contributed by atoms with Crippen LogP contribution in [0.25, 0.3) is 0 Å². The van der Waals surface area contributed by atoms with Crippen LogP contribution in [0.4, 0.5) is 0 Å². The smallest absolute Gasteiger partial charge is 0.265 e. The molecule has 0 saturated carbocycles. The van der Waals surface area contributed by atoms with Gasteiger partial charge in [0.05, 0.1) is 10.7 Å². The van der Waals surface area contributed by atoms with Crippen molar-refractivity contribution in [3.63, 3.8) is 0 Å². The quantitative estimate of drug-likeness (QED) is 0.763. The molecule has 2 heterocycles. The predicted molar refractivity (Wildman–Crippen MR) is 108 cm³/mol. The van der Waals surface area contributed by atoms with Gasteiger partial charge in [-0.15, -0.1) is 11.3 Å². The minimum Gasteiger partial charge on any atom is -0.335 e. The van der Waals surface area contributed by atoms with Crippen molar-refractivity contribution in [3.8, 4) is 0 Å². The molecule has 1 aromatic carbocycles. The number of carbonyl (C=O) groups excluding carboxylic acids is 1. The average Bonchev–Trinajstić information content (AvgIpc) is 2.96. The van der Waals surface area contributed by atoms with Crippen molar-refractivity contribution >= 4 is 28.8 Å². The molecule has 0 bridgehead atoms. The van der Waals surface area contributed by atoms with Gasteiger partial charge in [-0.05, 0) is 30.5 Å². The average molecular weight is 392 g/mol. The molecule has 1 aliphatic heterocycles. The first-order valence-corrected chi connectivity index (χ1v) is 10.3. The number of nitrogens with zero attached hydrogens (tertiary/aromatic N) is 3. The van der Waals surface area contributed by atoms with Crippen molar-refractivity contribution in [3.05, 3.63) is 50.4 Å². The number of thiazole rings is 1. The van der Waals surface area contributed by atoms with Gasteiger partial charge in [0.15, 0.2) is 0 Å². The first kappa shape index (κ1) is 19.3. The summed E-state index contributed by atoms with van der Waals surface area (Å²) in [6, 6.07) is 7.99. The van der Waals surface area contributed by atoms with Gasteiger partial charge in [-0.1, -0.05) is 37.6 Å². The third-order valence-corrected chi connectivity index (χ3v) is 6.02. The molecule has 140 valence electrons. The molecule has 4 nitrogen and oxygen atoms in total. The third kappa shape index (κ3) is 4.84. The summed E-state index contributed by atoms with van der Waals surface area (Å²) in [5, 5.41) is 1.84. The van der Waals surface area contributed by atoms with E-state index in [-0.39, 0.29) is 5.91 Å². The van der Waals surface area contributed by atoms with Gasteiger partial charge in [0.1, 0.15) is 4.88 Å². The Balaban J connectivity index is 1.56. The fourth-order valence-corrected chi connectivity index (χ4v) is 4.56. The van der Waals surface area contributed by atoms with Crippen LogP contribution in [0.15, 0.2) is 24.3 Å². The molecule has 2 aromatic rings. The van der Waals surface area contributed by atoms with E-state index >= 15 is 0 Å². The van der Waals surface area contributed by atoms with Crippen LogP contribution >= 0.6 is 22.9 Å². The number of aryl methyl sites for hydroxylation is 1. The molecular formula is C20H26ClN3OS. The lowest BCUT2D eigenvalue weighted by molar-refractivity contribution is 0.0632. The molecule has 0 unspecified atom stereocenters. The molecule has 0 aliphatic carbocycles. The zero-order valence-electron chi connectivity index (χ0n) is 15.7. The van der Waals surface area contributed by atoms with Gasteiger partial charge in [0.25, 0.3) is 5.91 Å². The highest BCUT2D eigenvalue weighted by Gasteiger charge is 2.25. The van der Waals surface area contributed by atoms with Gasteiger partial charge in [-0.3, -0.25) is 9.69 Å². The van der Waals surface area contributed by atoms with Crippen molar-refractivity contribution < 1.29 is 4.79 Å². The molecule has 1 saturated heterocycles. The van der Waals surface area contributed by atoms with Gasteiger partial charge in [0.2, 0.25) is 0 Å². The Morgan fingerprint density at radius 2 is 1.85 bits per heavy atom. The molecule has 1 aromatic heterocycles. The number of rotatable bonds is 5. The van der Waals surface area contributed by atoms with Crippen molar-refractivity contribution in [1.82, 2.24) is 14.8 Å². The molecule has 6 heteroatoms. The van der Waals surface area contributed by atoms with E-state index in [1.54, 1.807) is 11.3 Å². The van der Waals surface area contributed by atoms with E-state index in [4.69, 9.17) is 11.6 Å². The molecule has 0 atom stereocenters. The van der Waals surface area contributed by atoms with E-state index in [2.05, 4.69) is 35.9 Å². The monoisotopic (exact) mass is 391 g/mol. The summed E-state index contributed by atoms with van der Waals surface area (Å²) < 4.78 is 0. The lowest BCUT2D eigenvalue weighted by atomic mass is 10.1. The third-order valence-electron chi connectivity index (χ3n) is 4.60. The fourth-order valence-electron chi connectivity index (χ4n) is 3.19. The Hall–Kier alpha value is -1.43. The molecule has 0 radical (unpaired) electrons. The predicted octanol–water partition coefficient (Wildman–Crippen LogP) is 4.26. The van der Waals surface area contributed by atoms with E-state index in [9.17, 15) is 4.79 Å². The van der Waals surface area contributed by atoms with Gasteiger partial charge in [-0.2, -0.15) is 0 Å². The maximum absolute atomic E-state index is 12.9. The molecule has 0 spiro atoms. The summed E-state index contributed by atoms with van der Waals surface area (Å²) in [6.07, 6.45) is 0.938. The molecule has 26 heavy (non-hydrogen) atoms. The van der Waals surface area contributed by atoms with E-state index in [0.29, 0.717) is 5.92 Å². The van der Waals surface area contributed by atoms with Crippen molar-refractivity contribution in [2.45, 2.75) is 33.7 Å². The van der Waals surface area contributed by atoms with Gasteiger partial charge < -0.3 is 4.90 Å². The van der Waals surface area contributed by atoms with E-state index < -0.39 is 0 Å². The maximum atomic E-state index is 12.9. The van der Waals surface area contributed by atoms with Crippen LogP contribution in [0, 0.1) is 12.8 Å². The Kier molecular flexibility index (Phi) is 6.33. The summed E-state index contributed by atoms with van der Waals surface area (Å²) in [5.74, 6) is 0.695. The highest BCUT2D eigenvalue weighted by molar-refractivity contribution is 7.13. The van der Waals surface area contributed by atoms with Crippen LogP contribution in [-0.2, 0) is 13.0 Å². The van der Waals surface area contributed by atoms with Crippen LogP contribution in [0.5, 0.6) is 0 Å². The number of halogens is 1. The zero-order valence-corrected chi connectivity index (χ0v) is 17.2. The van der Waals surface area contributed by atoms with Crippen LogP contribution in [-0.4, -0.2) is 46.9 Å². The van der Waals surface area contributed by atoms with Gasteiger partial charge in [-0.25, -0.2) is 4.98 Å². The number of carbonyl (C=O) groups is 1. The summed E-state index contributed by atoms with van der Waals surface area (Å²) in [4.78, 5) is 22.6. The first-order chi connectivity index (χ1) is 12.4. The van der Waals surface area contributed by atoms with E-state index in [1.807, 2.05) is 24.0 Å². The summed E-state index contributed by atoms with van der Waals surface area (Å²) in [5.41, 5.74) is 2.13. The normalized spacial score (nSPS) is 15.7. The lowest BCUT2D eigenvalue weighted by Gasteiger charge is -2.34. The highest BCUT2D eigenvalue weighted by Crippen LogP contribution is 2.23. The Labute approximate surface area is 164 Å². The second-order valence-electron chi connectivity index (χ2n) is 7.31. The first-order valence-electron chi connectivity index (χ1n) is 9.14. The molecule has 3 rings (SSSR count). The Morgan fingerprint density at radius 1 is 1.19 bits per heavy atom. The lowest BCUT2D eigenvalue weighted by Crippen LogP contribution is -2.48. The largest absolute Gasteiger partial charge is 0.335 e. The van der Waals surface area contributed by atoms with Gasteiger partial charge in [0, 0.05) is 44.2 Å². The topological polar surface area (TPSA) is 36.4 Å². The standard InChI is InChI=1S/C20H26ClN3OS/c1-14(2)12-18-22-15(3)19(26-18)20(25)24-10-8-23(9-11-24)13-16-4-6-17(21)7-5-16/h4-7,14H,8-13H2,1-3H3. The summed E-state index contributed by atoms with van der Waals surface area (Å²) in [7, 11) is 0. The SMILES string of the molecule is Cc1nc(CC(C)C)sc1C(=O)N1CCN(Cc2ccc(Cl)cc2)CC1. The molecule has 1 amide bonds. The number of aromatic nitrogens is 1. The number of hydrogen-bond donors (Lipinski definition) is 0. The number of hydrogen-bond acceptors (Lipinski definition) is 4. The minimum atomic E-state index is 0.140. The van der Waals surface area contributed by atoms with Crippen molar-refractivity contribution in [1.29, 1.82) is 0 Å².